The Balaban J connectivity index is 2.61. The molecule has 0 aromatic heterocycles. The van der Waals surface area contributed by atoms with Crippen LogP contribution in [0.3, 0.4) is 0 Å². The second-order valence-electron chi connectivity index (χ2n) is 6.66. The highest BCUT2D eigenvalue weighted by molar-refractivity contribution is 8.21. The van der Waals surface area contributed by atoms with Crippen molar-refractivity contribution in [3.8, 4) is 0 Å². The van der Waals surface area contributed by atoms with Gasteiger partial charge in [-0.05, 0) is 43.8 Å². The highest BCUT2D eigenvalue weighted by Crippen LogP contribution is 2.44. The largest absolute Gasteiger partial charge is 0.293 e. The summed E-state index contributed by atoms with van der Waals surface area (Å²) in [5.74, 6) is 0.455. The Hall–Kier alpha value is -1.00. The quantitative estimate of drug-likeness (QED) is 0.496. The summed E-state index contributed by atoms with van der Waals surface area (Å²) in [7, 11) is 0. The van der Waals surface area contributed by atoms with Gasteiger partial charge < -0.3 is 0 Å². The third-order valence-corrected chi connectivity index (χ3v) is 7.28. The van der Waals surface area contributed by atoms with Gasteiger partial charge >= 0.3 is 0 Å². The topological polar surface area (TPSA) is 34.1 Å². The number of carbonyl (C=O) groups excluding carboxylic acids is 2. The van der Waals surface area contributed by atoms with Gasteiger partial charge in [0.2, 0.25) is 0 Å². The minimum Gasteiger partial charge on any atom is -0.293 e. The van der Waals surface area contributed by atoms with E-state index < -0.39 is 5.41 Å². The maximum atomic E-state index is 13.4. The Morgan fingerprint density at radius 3 is 2.38 bits per heavy atom. The van der Waals surface area contributed by atoms with Gasteiger partial charge in [-0.1, -0.05) is 44.5 Å². The van der Waals surface area contributed by atoms with Crippen LogP contribution in [-0.2, 0) is 10.2 Å². The number of ketones is 2. The Bertz CT molecular complexity index is 672. The summed E-state index contributed by atoms with van der Waals surface area (Å²) in [6.45, 7) is 6.42. The summed E-state index contributed by atoms with van der Waals surface area (Å²) in [6.07, 6.45) is 6.73. The number of hydrogen-bond donors (Lipinski definition) is 0. The van der Waals surface area contributed by atoms with Crippen LogP contribution in [-0.4, -0.2) is 24.1 Å². The normalized spacial score (nSPS) is 21.6. The monoisotopic (exact) mass is 362 g/mol. The molecule has 0 aliphatic heterocycles. The third-order valence-electron chi connectivity index (χ3n) is 5.13. The molecule has 24 heavy (non-hydrogen) atoms. The molecular weight excluding hydrogens is 336 g/mol. The van der Waals surface area contributed by atoms with E-state index in [0.717, 1.165) is 29.1 Å². The maximum absolute atomic E-state index is 13.4. The highest BCUT2D eigenvalue weighted by Gasteiger charge is 2.46. The number of hydrogen-bond acceptors (Lipinski definition) is 4. The first-order chi connectivity index (χ1) is 11.4. The molecule has 0 spiro atoms. The lowest BCUT2D eigenvalue weighted by atomic mass is 9.65. The zero-order chi connectivity index (χ0) is 17.9. The van der Waals surface area contributed by atoms with Crippen LogP contribution in [0.5, 0.6) is 0 Å². The molecule has 4 heteroatoms. The van der Waals surface area contributed by atoms with Gasteiger partial charge in [-0.25, -0.2) is 0 Å². The van der Waals surface area contributed by atoms with Crippen molar-refractivity contribution < 1.29 is 9.59 Å². The van der Waals surface area contributed by atoms with E-state index >= 15 is 0 Å². The Kier molecular flexibility index (Phi) is 6.38. The highest BCUT2D eigenvalue weighted by atomic mass is 32.2. The van der Waals surface area contributed by atoms with Crippen molar-refractivity contribution in [2.24, 2.45) is 5.92 Å². The van der Waals surface area contributed by atoms with Crippen molar-refractivity contribution in [1.29, 1.82) is 0 Å². The molecule has 0 heterocycles. The second-order valence-corrected chi connectivity index (χ2v) is 8.55. The lowest BCUT2D eigenvalue weighted by Gasteiger charge is -2.36. The van der Waals surface area contributed by atoms with Crippen LogP contribution in [0.15, 0.2) is 34.1 Å². The predicted octanol–water partition coefficient (Wildman–Crippen LogP) is 5.47. The van der Waals surface area contributed by atoms with E-state index in [2.05, 4.69) is 13.8 Å². The molecule has 1 aromatic carbocycles. The molecule has 0 amide bonds. The lowest BCUT2D eigenvalue weighted by molar-refractivity contribution is -0.120. The maximum Gasteiger partial charge on any atom is 0.198 e. The van der Waals surface area contributed by atoms with Gasteiger partial charge in [-0.15, -0.1) is 23.5 Å². The van der Waals surface area contributed by atoms with Gasteiger partial charge in [0.1, 0.15) is 0 Å². The number of fused-ring (bicyclic) bond motifs is 1. The van der Waals surface area contributed by atoms with Gasteiger partial charge in [0.15, 0.2) is 11.6 Å². The van der Waals surface area contributed by atoms with E-state index in [9.17, 15) is 9.59 Å². The smallest absolute Gasteiger partial charge is 0.198 e. The Morgan fingerprint density at radius 2 is 1.79 bits per heavy atom. The fourth-order valence-corrected chi connectivity index (χ4v) is 4.70. The van der Waals surface area contributed by atoms with Gasteiger partial charge in [0.05, 0.1) is 15.2 Å². The molecule has 2 nitrogen and oxygen atoms in total. The molecule has 1 aliphatic rings. The summed E-state index contributed by atoms with van der Waals surface area (Å²) < 4.78 is 0.828. The van der Waals surface area contributed by atoms with E-state index in [1.807, 2.05) is 43.7 Å². The molecule has 2 rings (SSSR count). The molecule has 130 valence electrons. The molecule has 1 aromatic rings. The predicted molar refractivity (Wildman–Crippen MR) is 106 cm³/mol. The SMILES string of the molecule is CC[C@H](C)CCC1(C)C(=O)C(=C(SC)SC)C(=O)c2ccccc21. The number of carbonyl (C=O) groups is 2. The average molecular weight is 363 g/mol. The lowest BCUT2D eigenvalue weighted by Crippen LogP contribution is -2.42. The molecule has 0 radical (unpaired) electrons. The number of benzene rings is 1. The second kappa shape index (κ2) is 7.92. The number of allylic oxidation sites excluding steroid dienone is 1. The molecule has 0 fully saturated rings. The van der Waals surface area contributed by atoms with Crippen molar-refractivity contribution in [3.63, 3.8) is 0 Å². The summed E-state index contributed by atoms with van der Waals surface area (Å²) >= 11 is 2.98. The molecule has 1 aliphatic carbocycles. The molecule has 0 saturated heterocycles. The van der Waals surface area contributed by atoms with Crippen LogP contribution in [0.4, 0.5) is 0 Å². The Morgan fingerprint density at radius 1 is 1.17 bits per heavy atom. The van der Waals surface area contributed by atoms with Crippen LogP contribution in [0.2, 0.25) is 0 Å². The summed E-state index contributed by atoms with van der Waals surface area (Å²) in [5, 5.41) is 0. The molecular formula is C20H26O2S2. The van der Waals surface area contributed by atoms with E-state index in [1.54, 1.807) is 0 Å². The van der Waals surface area contributed by atoms with E-state index in [4.69, 9.17) is 0 Å². The van der Waals surface area contributed by atoms with Crippen molar-refractivity contribution in [3.05, 3.63) is 45.2 Å². The van der Waals surface area contributed by atoms with E-state index in [1.165, 1.54) is 23.5 Å². The number of thioether (sulfide) groups is 2. The minimum absolute atomic E-state index is 0.00629. The first-order valence-electron chi connectivity index (χ1n) is 8.41. The van der Waals surface area contributed by atoms with Crippen LogP contribution in [0, 0.1) is 5.92 Å². The van der Waals surface area contributed by atoms with Gasteiger partial charge in [0, 0.05) is 5.56 Å². The summed E-state index contributed by atoms with van der Waals surface area (Å²) in [4.78, 5) is 26.3. The van der Waals surface area contributed by atoms with E-state index in [0.29, 0.717) is 17.1 Å². The molecule has 1 unspecified atom stereocenters. The molecule has 0 bridgehead atoms. The Labute approximate surface area is 153 Å². The van der Waals surface area contributed by atoms with Crippen LogP contribution < -0.4 is 0 Å². The van der Waals surface area contributed by atoms with Crippen LogP contribution in [0.25, 0.3) is 0 Å². The zero-order valence-corrected chi connectivity index (χ0v) is 16.8. The van der Waals surface area contributed by atoms with Crippen molar-refractivity contribution >= 4 is 35.1 Å². The summed E-state index contributed by atoms with van der Waals surface area (Å²) in [5.41, 5.74) is 1.37. The van der Waals surface area contributed by atoms with Gasteiger partial charge in [-0.2, -0.15) is 0 Å². The zero-order valence-electron chi connectivity index (χ0n) is 15.1. The number of Topliss-reactive ketones (excluding diaryl/α,β-unsaturated/α-hetero) is 2. The first kappa shape index (κ1) is 19.3. The van der Waals surface area contributed by atoms with Crippen LogP contribution >= 0.6 is 23.5 Å². The van der Waals surface area contributed by atoms with Crippen LogP contribution in [0.1, 0.15) is 56.0 Å². The average Bonchev–Trinajstić information content (AvgIpc) is 2.61. The number of rotatable bonds is 6. The fourth-order valence-electron chi connectivity index (χ4n) is 3.26. The molecule has 2 atom stereocenters. The summed E-state index contributed by atoms with van der Waals surface area (Å²) in [6, 6.07) is 7.64. The first-order valence-corrected chi connectivity index (χ1v) is 10.9. The fraction of sp³-hybridized carbons (Fsp3) is 0.500. The molecule has 0 N–H and O–H groups in total. The third kappa shape index (κ3) is 3.36. The van der Waals surface area contributed by atoms with Crippen molar-refractivity contribution in [2.45, 2.75) is 45.4 Å². The molecule has 0 saturated carbocycles. The minimum atomic E-state index is -0.611. The standard InChI is InChI=1S/C20H26O2S2/c1-6-13(2)11-12-20(3)15-10-8-7-9-14(15)17(21)16(18(20)22)19(23-4)24-5/h7-10,13H,6,11-12H2,1-5H3/t13-,20?/m0/s1. The van der Waals surface area contributed by atoms with E-state index in [-0.39, 0.29) is 11.6 Å². The van der Waals surface area contributed by atoms with Crippen molar-refractivity contribution in [1.82, 2.24) is 0 Å². The van der Waals surface area contributed by atoms with Gasteiger partial charge in [-0.3, -0.25) is 9.59 Å². The van der Waals surface area contributed by atoms with Gasteiger partial charge in [0.25, 0.3) is 0 Å². The van der Waals surface area contributed by atoms with Crippen molar-refractivity contribution in [2.75, 3.05) is 12.5 Å².